The maximum Gasteiger partial charge on any atom is 0.260 e. The Balaban J connectivity index is 1.98. The molecule has 0 radical (unpaired) electrons. The standard InChI is InChI=1S/C18H26Cl2N2O2/c1-11(24-15-7-6-12(19)8-14(15)20)16(23)21-13-9-17(2,3)22-18(4,5)10-13/h6-8,11,13,22H,9-10H2,1-5H3,(H,21,23)/t11-/m1/s1. The normalized spacial score (nSPS) is 21.1. The summed E-state index contributed by atoms with van der Waals surface area (Å²) >= 11 is 12.0. The number of halogens is 2. The molecule has 0 unspecified atom stereocenters. The van der Waals surface area contributed by atoms with E-state index in [0.29, 0.717) is 15.8 Å². The SMILES string of the molecule is C[C@@H](Oc1ccc(Cl)cc1Cl)C(=O)NC1CC(C)(C)NC(C)(C)C1. The molecule has 6 heteroatoms. The molecular formula is C18H26Cl2N2O2. The molecule has 1 aromatic rings. The molecule has 0 aromatic heterocycles. The molecule has 24 heavy (non-hydrogen) atoms. The van der Waals surface area contributed by atoms with Crippen molar-refractivity contribution in [2.75, 3.05) is 0 Å². The molecule has 0 bridgehead atoms. The lowest BCUT2D eigenvalue weighted by molar-refractivity contribution is -0.128. The fraction of sp³-hybridized carbons (Fsp3) is 0.611. The Bertz CT molecular complexity index is 601. The fourth-order valence-corrected chi connectivity index (χ4v) is 4.01. The van der Waals surface area contributed by atoms with Gasteiger partial charge in [0.15, 0.2) is 6.10 Å². The monoisotopic (exact) mass is 372 g/mol. The quantitative estimate of drug-likeness (QED) is 0.832. The first kappa shape index (κ1) is 19.4. The first-order valence-corrected chi connectivity index (χ1v) is 8.94. The summed E-state index contributed by atoms with van der Waals surface area (Å²) in [6, 6.07) is 5.06. The summed E-state index contributed by atoms with van der Waals surface area (Å²) in [7, 11) is 0. The van der Waals surface area contributed by atoms with Crippen LogP contribution in [0.15, 0.2) is 18.2 Å². The Hall–Kier alpha value is -0.970. The van der Waals surface area contributed by atoms with Crippen LogP contribution in [0.25, 0.3) is 0 Å². The zero-order valence-corrected chi connectivity index (χ0v) is 16.4. The summed E-state index contributed by atoms with van der Waals surface area (Å²) in [5.74, 6) is 0.314. The van der Waals surface area contributed by atoms with Crippen molar-refractivity contribution in [3.63, 3.8) is 0 Å². The van der Waals surface area contributed by atoms with Gasteiger partial charge >= 0.3 is 0 Å². The van der Waals surface area contributed by atoms with Crippen molar-refractivity contribution in [2.24, 2.45) is 0 Å². The van der Waals surface area contributed by atoms with E-state index in [9.17, 15) is 4.79 Å². The number of amides is 1. The van der Waals surface area contributed by atoms with Gasteiger partial charge in [-0.3, -0.25) is 4.79 Å². The van der Waals surface area contributed by atoms with E-state index in [1.165, 1.54) is 0 Å². The minimum Gasteiger partial charge on any atom is -0.479 e. The van der Waals surface area contributed by atoms with E-state index in [1.807, 2.05) is 0 Å². The van der Waals surface area contributed by atoms with Crippen molar-refractivity contribution in [2.45, 2.75) is 70.7 Å². The number of benzene rings is 1. The molecule has 1 fully saturated rings. The van der Waals surface area contributed by atoms with E-state index < -0.39 is 6.10 Å². The van der Waals surface area contributed by atoms with Gasteiger partial charge in [-0.1, -0.05) is 23.2 Å². The second-order valence-electron chi connectivity index (χ2n) is 7.84. The molecule has 1 aliphatic heterocycles. The van der Waals surface area contributed by atoms with Crippen LogP contribution in [0, 0.1) is 0 Å². The third-order valence-corrected chi connectivity index (χ3v) is 4.63. The highest BCUT2D eigenvalue weighted by Gasteiger charge is 2.38. The van der Waals surface area contributed by atoms with Crippen LogP contribution in [-0.4, -0.2) is 29.1 Å². The molecule has 1 heterocycles. The number of hydrogen-bond donors (Lipinski definition) is 2. The summed E-state index contributed by atoms with van der Waals surface area (Å²) in [6.45, 7) is 10.3. The van der Waals surface area contributed by atoms with Crippen LogP contribution in [-0.2, 0) is 4.79 Å². The highest BCUT2D eigenvalue weighted by Crippen LogP contribution is 2.30. The molecule has 2 rings (SSSR count). The lowest BCUT2D eigenvalue weighted by Gasteiger charge is -2.46. The van der Waals surface area contributed by atoms with Crippen LogP contribution >= 0.6 is 23.2 Å². The first-order valence-electron chi connectivity index (χ1n) is 8.19. The maximum absolute atomic E-state index is 12.5. The van der Waals surface area contributed by atoms with Crippen molar-refractivity contribution >= 4 is 29.1 Å². The van der Waals surface area contributed by atoms with Crippen LogP contribution in [0.5, 0.6) is 5.75 Å². The third kappa shape index (κ3) is 5.27. The Morgan fingerprint density at radius 1 is 1.25 bits per heavy atom. The molecule has 1 saturated heterocycles. The summed E-state index contributed by atoms with van der Waals surface area (Å²) in [6.07, 6.45) is 1.11. The van der Waals surface area contributed by atoms with Gasteiger partial charge in [-0.05, 0) is 65.7 Å². The second-order valence-corrected chi connectivity index (χ2v) is 8.68. The van der Waals surface area contributed by atoms with Crippen LogP contribution in [0.3, 0.4) is 0 Å². The molecule has 134 valence electrons. The van der Waals surface area contributed by atoms with Gasteiger partial charge in [-0.15, -0.1) is 0 Å². The fourth-order valence-electron chi connectivity index (χ4n) is 3.56. The van der Waals surface area contributed by atoms with Crippen molar-refractivity contribution < 1.29 is 9.53 Å². The van der Waals surface area contributed by atoms with Gasteiger partial charge in [0.05, 0.1) is 5.02 Å². The lowest BCUT2D eigenvalue weighted by atomic mass is 9.79. The van der Waals surface area contributed by atoms with E-state index in [0.717, 1.165) is 12.8 Å². The zero-order valence-electron chi connectivity index (χ0n) is 14.9. The predicted molar refractivity (Wildman–Crippen MR) is 99.0 cm³/mol. The topological polar surface area (TPSA) is 50.4 Å². The van der Waals surface area contributed by atoms with Gasteiger partial charge in [0.2, 0.25) is 0 Å². The Kier molecular flexibility index (Phi) is 5.73. The van der Waals surface area contributed by atoms with Crippen LogP contribution in [0.4, 0.5) is 0 Å². The van der Waals surface area contributed by atoms with Gasteiger partial charge in [0.25, 0.3) is 5.91 Å². The van der Waals surface area contributed by atoms with Gasteiger partial charge < -0.3 is 15.4 Å². The van der Waals surface area contributed by atoms with E-state index in [2.05, 4.69) is 38.3 Å². The molecule has 1 aliphatic rings. The summed E-state index contributed by atoms with van der Waals surface area (Å²) < 4.78 is 5.69. The predicted octanol–water partition coefficient (Wildman–Crippen LogP) is 4.19. The maximum atomic E-state index is 12.5. The smallest absolute Gasteiger partial charge is 0.260 e. The zero-order chi connectivity index (χ0) is 18.1. The highest BCUT2D eigenvalue weighted by molar-refractivity contribution is 6.35. The first-order chi connectivity index (χ1) is 11.0. The lowest BCUT2D eigenvalue weighted by Crippen LogP contribution is -2.62. The molecule has 0 saturated carbocycles. The number of rotatable bonds is 4. The van der Waals surface area contributed by atoms with E-state index in [4.69, 9.17) is 27.9 Å². The van der Waals surface area contributed by atoms with E-state index in [-0.39, 0.29) is 23.0 Å². The second kappa shape index (κ2) is 7.11. The summed E-state index contributed by atoms with van der Waals surface area (Å²) in [5, 5.41) is 7.64. The number of nitrogens with one attached hydrogen (secondary N) is 2. The summed E-state index contributed by atoms with van der Waals surface area (Å²) in [5.41, 5.74) is -0.0490. The molecular weight excluding hydrogens is 347 g/mol. The van der Waals surface area contributed by atoms with Gasteiger partial charge in [0, 0.05) is 22.1 Å². The molecule has 1 amide bonds. The molecule has 1 atom stereocenters. The van der Waals surface area contributed by atoms with Gasteiger partial charge in [0.1, 0.15) is 5.75 Å². The molecule has 0 aliphatic carbocycles. The van der Waals surface area contributed by atoms with Crippen molar-refractivity contribution in [1.82, 2.24) is 10.6 Å². The number of carbonyl (C=O) groups excluding carboxylic acids is 1. The molecule has 1 aromatic carbocycles. The summed E-state index contributed by atoms with van der Waals surface area (Å²) in [4.78, 5) is 12.5. The Morgan fingerprint density at radius 3 is 2.38 bits per heavy atom. The average Bonchev–Trinajstić information content (AvgIpc) is 2.38. The Labute approximate surface area is 154 Å². The van der Waals surface area contributed by atoms with Crippen LogP contribution < -0.4 is 15.4 Å². The largest absolute Gasteiger partial charge is 0.479 e. The average molecular weight is 373 g/mol. The number of hydrogen-bond acceptors (Lipinski definition) is 3. The molecule has 2 N–H and O–H groups in total. The third-order valence-electron chi connectivity index (χ3n) is 4.10. The van der Waals surface area contributed by atoms with Crippen molar-refractivity contribution in [3.05, 3.63) is 28.2 Å². The van der Waals surface area contributed by atoms with Crippen molar-refractivity contribution in [3.8, 4) is 5.75 Å². The Morgan fingerprint density at radius 2 is 1.83 bits per heavy atom. The van der Waals surface area contributed by atoms with Gasteiger partial charge in [-0.2, -0.15) is 0 Å². The van der Waals surface area contributed by atoms with Crippen LogP contribution in [0.1, 0.15) is 47.5 Å². The number of piperidine rings is 1. The molecule has 0 spiro atoms. The van der Waals surface area contributed by atoms with Crippen molar-refractivity contribution in [1.29, 1.82) is 0 Å². The van der Waals surface area contributed by atoms with Gasteiger partial charge in [-0.25, -0.2) is 0 Å². The molecule has 4 nitrogen and oxygen atoms in total. The minimum atomic E-state index is -0.634. The number of carbonyl (C=O) groups is 1. The minimum absolute atomic E-state index is 0.0245. The van der Waals surface area contributed by atoms with E-state index in [1.54, 1.807) is 25.1 Å². The highest BCUT2D eigenvalue weighted by atomic mass is 35.5. The number of ether oxygens (including phenoxy) is 1. The van der Waals surface area contributed by atoms with Crippen LogP contribution in [0.2, 0.25) is 10.0 Å². The van der Waals surface area contributed by atoms with E-state index >= 15 is 0 Å².